The number of rotatable bonds is 4. The molecule has 4 nitrogen and oxygen atoms in total. The number of methoxy groups -OCH3 is 1. The highest BCUT2D eigenvalue weighted by Gasteiger charge is 2.06. The molecule has 0 saturated heterocycles. The molecule has 0 radical (unpaired) electrons. The third-order valence-electron chi connectivity index (χ3n) is 2.71. The van der Waals surface area contributed by atoms with Gasteiger partial charge in [0.15, 0.2) is 0 Å². The van der Waals surface area contributed by atoms with E-state index in [0.29, 0.717) is 11.3 Å². The van der Waals surface area contributed by atoms with E-state index in [1.807, 2.05) is 30.3 Å². The van der Waals surface area contributed by atoms with Crippen LogP contribution in [0.1, 0.15) is 15.9 Å². The van der Waals surface area contributed by atoms with Crippen molar-refractivity contribution in [1.82, 2.24) is 0 Å². The lowest BCUT2D eigenvalue weighted by Gasteiger charge is -2.02. The van der Waals surface area contributed by atoms with Crippen LogP contribution in [0.15, 0.2) is 60.7 Å². The van der Waals surface area contributed by atoms with Crippen LogP contribution in [-0.2, 0) is 9.53 Å². The van der Waals surface area contributed by atoms with Gasteiger partial charge in [0.25, 0.3) is 0 Å². The molecule has 21 heavy (non-hydrogen) atoms. The van der Waals surface area contributed by atoms with Crippen molar-refractivity contribution in [1.29, 1.82) is 0 Å². The normalized spacial score (nSPS) is 10.3. The Hall–Kier alpha value is -2.88. The molecule has 0 unspecified atom stereocenters. The molecule has 0 bridgehead atoms. The van der Waals surface area contributed by atoms with Gasteiger partial charge in [-0.1, -0.05) is 30.3 Å². The minimum atomic E-state index is -0.482. The molecule has 0 aliphatic rings. The minimum Gasteiger partial charge on any atom is -0.465 e. The van der Waals surface area contributed by atoms with Crippen LogP contribution in [0, 0.1) is 0 Å². The first-order valence-electron chi connectivity index (χ1n) is 6.32. The summed E-state index contributed by atoms with van der Waals surface area (Å²) in [7, 11) is 1.31. The third-order valence-corrected chi connectivity index (χ3v) is 2.71. The van der Waals surface area contributed by atoms with E-state index in [4.69, 9.17) is 4.74 Å². The molecule has 2 rings (SSSR count). The minimum absolute atomic E-state index is 0.366. The van der Waals surface area contributed by atoms with Gasteiger partial charge in [-0.25, -0.2) is 9.59 Å². The topological polar surface area (TPSA) is 52.6 Å². The summed E-state index contributed by atoms with van der Waals surface area (Å²) in [6, 6.07) is 15.6. The second-order valence-corrected chi connectivity index (χ2v) is 4.18. The molecular weight excluding hydrogens is 268 g/mol. The molecule has 0 aromatic heterocycles. The first kappa shape index (κ1) is 14.5. The molecule has 0 spiro atoms. The number of carbonyl (C=O) groups excluding carboxylic acids is 2. The molecule has 0 heterocycles. The van der Waals surface area contributed by atoms with Gasteiger partial charge in [0.05, 0.1) is 12.7 Å². The van der Waals surface area contributed by atoms with Crippen molar-refractivity contribution in [3.8, 4) is 5.75 Å². The highest BCUT2D eigenvalue weighted by Crippen LogP contribution is 2.13. The Morgan fingerprint density at radius 2 is 1.62 bits per heavy atom. The van der Waals surface area contributed by atoms with E-state index in [1.165, 1.54) is 25.3 Å². The maximum Gasteiger partial charge on any atom is 0.337 e. The Bertz CT molecular complexity index is 642. The van der Waals surface area contributed by atoms with Crippen LogP contribution in [0.4, 0.5) is 0 Å². The van der Waals surface area contributed by atoms with Crippen LogP contribution in [0.3, 0.4) is 0 Å². The van der Waals surface area contributed by atoms with E-state index in [-0.39, 0.29) is 0 Å². The van der Waals surface area contributed by atoms with Crippen LogP contribution in [0.5, 0.6) is 5.75 Å². The van der Waals surface area contributed by atoms with Gasteiger partial charge >= 0.3 is 11.9 Å². The number of carbonyl (C=O) groups is 2. The summed E-state index contributed by atoms with van der Waals surface area (Å²) < 4.78 is 9.71. The number of esters is 2. The van der Waals surface area contributed by atoms with Gasteiger partial charge in [0.2, 0.25) is 0 Å². The lowest BCUT2D eigenvalue weighted by molar-refractivity contribution is -0.128. The predicted molar refractivity (Wildman–Crippen MR) is 78.9 cm³/mol. The Morgan fingerprint density at radius 3 is 2.24 bits per heavy atom. The number of ether oxygens (including phenoxy) is 2. The van der Waals surface area contributed by atoms with Crippen LogP contribution in [0.2, 0.25) is 0 Å². The van der Waals surface area contributed by atoms with Crippen molar-refractivity contribution >= 4 is 18.0 Å². The van der Waals surface area contributed by atoms with E-state index in [9.17, 15) is 9.59 Å². The summed E-state index contributed by atoms with van der Waals surface area (Å²) in [6.07, 6.45) is 3.02. The predicted octanol–water partition coefficient (Wildman–Crippen LogP) is 3.09. The number of hydrogen-bond donors (Lipinski definition) is 0. The highest BCUT2D eigenvalue weighted by molar-refractivity contribution is 5.90. The molecule has 0 aliphatic heterocycles. The van der Waals surface area contributed by atoms with Gasteiger partial charge in [-0.05, 0) is 35.9 Å². The maximum atomic E-state index is 11.7. The molecule has 106 valence electrons. The maximum absolute atomic E-state index is 11.7. The average molecular weight is 282 g/mol. The van der Waals surface area contributed by atoms with Crippen LogP contribution >= 0.6 is 0 Å². The molecule has 0 saturated carbocycles. The monoisotopic (exact) mass is 282 g/mol. The standard InChI is InChI=1S/C17H14O4/c1-20-17(19)14-8-10-15(11-9-14)21-16(18)12-7-13-5-3-2-4-6-13/h2-12H,1H3/b12-7+. The van der Waals surface area contributed by atoms with Gasteiger partial charge < -0.3 is 9.47 Å². The highest BCUT2D eigenvalue weighted by atomic mass is 16.5. The third kappa shape index (κ3) is 4.31. The molecular formula is C17H14O4. The number of hydrogen-bond acceptors (Lipinski definition) is 4. The zero-order chi connectivity index (χ0) is 15.1. The number of benzene rings is 2. The van der Waals surface area contributed by atoms with E-state index >= 15 is 0 Å². The van der Waals surface area contributed by atoms with Gasteiger partial charge in [-0.15, -0.1) is 0 Å². The van der Waals surface area contributed by atoms with Crippen molar-refractivity contribution in [2.45, 2.75) is 0 Å². The van der Waals surface area contributed by atoms with Gasteiger partial charge in [0.1, 0.15) is 5.75 Å². The largest absolute Gasteiger partial charge is 0.465 e. The summed E-state index contributed by atoms with van der Waals surface area (Å²) >= 11 is 0. The molecule has 0 atom stereocenters. The van der Waals surface area contributed by atoms with Crippen molar-refractivity contribution < 1.29 is 19.1 Å². The summed E-state index contributed by atoms with van der Waals surface area (Å²) in [4.78, 5) is 22.9. The van der Waals surface area contributed by atoms with Gasteiger partial charge in [-0.2, -0.15) is 0 Å². The SMILES string of the molecule is COC(=O)c1ccc(OC(=O)/C=C/c2ccccc2)cc1. The van der Waals surface area contributed by atoms with Crippen LogP contribution in [0.25, 0.3) is 6.08 Å². The molecule has 0 N–H and O–H groups in total. The van der Waals surface area contributed by atoms with Crippen molar-refractivity contribution in [2.24, 2.45) is 0 Å². The molecule has 0 amide bonds. The fraction of sp³-hybridized carbons (Fsp3) is 0.0588. The zero-order valence-corrected chi connectivity index (χ0v) is 11.5. The Kier molecular flexibility index (Phi) is 4.88. The summed E-state index contributed by atoms with van der Waals surface area (Å²) in [5.41, 5.74) is 1.31. The van der Waals surface area contributed by atoms with E-state index < -0.39 is 11.9 Å². The first-order valence-corrected chi connectivity index (χ1v) is 6.32. The van der Waals surface area contributed by atoms with Crippen LogP contribution in [-0.4, -0.2) is 19.0 Å². The summed E-state index contributed by atoms with van der Waals surface area (Å²) in [6.45, 7) is 0. The first-order chi connectivity index (χ1) is 10.2. The molecule has 2 aromatic carbocycles. The molecule has 0 fully saturated rings. The average Bonchev–Trinajstić information content (AvgIpc) is 2.54. The Morgan fingerprint density at radius 1 is 0.952 bits per heavy atom. The fourth-order valence-corrected chi connectivity index (χ4v) is 1.66. The molecule has 2 aromatic rings. The second-order valence-electron chi connectivity index (χ2n) is 4.18. The van der Waals surface area contributed by atoms with E-state index in [0.717, 1.165) is 5.56 Å². The zero-order valence-electron chi connectivity index (χ0n) is 11.5. The van der Waals surface area contributed by atoms with Crippen LogP contribution < -0.4 is 4.74 Å². The van der Waals surface area contributed by atoms with Crippen molar-refractivity contribution in [2.75, 3.05) is 7.11 Å². The molecule has 4 heteroatoms. The van der Waals surface area contributed by atoms with Crippen molar-refractivity contribution in [3.05, 3.63) is 71.8 Å². The van der Waals surface area contributed by atoms with Gasteiger partial charge in [0, 0.05) is 6.08 Å². The quantitative estimate of drug-likeness (QED) is 0.491. The fourth-order valence-electron chi connectivity index (χ4n) is 1.66. The lowest BCUT2D eigenvalue weighted by atomic mass is 10.2. The van der Waals surface area contributed by atoms with E-state index in [1.54, 1.807) is 18.2 Å². The smallest absolute Gasteiger partial charge is 0.337 e. The second kappa shape index (κ2) is 7.05. The Balaban J connectivity index is 1.97. The Labute approximate surface area is 122 Å². The summed E-state index contributed by atoms with van der Waals surface area (Å²) in [5.74, 6) is -0.549. The molecule has 0 aliphatic carbocycles. The summed E-state index contributed by atoms with van der Waals surface area (Å²) in [5, 5.41) is 0. The van der Waals surface area contributed by atoms with Crippen molar-refractivity contribution in [3.63, 3.8) is 0 Å². The van der Waals surface area contributed by atoms with E-state index in [2.05, 4.69) is 4.74 Å². The van der Waals surface area contributed by atoms with Gasteiger partial charge in [-0.3, -0.25) is 0 Å². The lowest BCUT2D eigenvalue weighted by Crippen LogP contribution is -2.05.